The van der Waals surface area contributed by atoms with Gasteiger partial charge in [-0.15, -0.1) is 0 Å². The fourth-order valence-corrected chi connectivity index (χ4v) is 2.37. The normalized spacial score (nSPS) is 30.6. The molecule has 1 heterocycles. The summed E-state index contributed by atoms with van der Waals surface area (Å²) in [5, 5.41) is 3.88. The molecule has 0 radical (unpaired) electrons. The molecule has 2 aliphatic rings. The number of oxime groups is 1. The minimum Gasteiger partial charge on any atom is -0.464 e. The highest BCUT2D eigenvalue weighted by atomic mass is 16.6. The second kappa shape index (κ2) is 4.64. The van der Waals surface area contributed by atoms with Crippen LogP contribution in [0.15, 0.2) is 5.16 Å². The Labute approximate surface area is 89.6 Å². The highest BCUT2D eigenvalue weighted by Crippen LogP contribution is 2.30. The standard InChI is InChI=1S/C11H17NO3/c1-14-11(13)10-8-6-4-2-3-5-7-9(8)15-12-10/h8-9H,2-7H2,1H3/t8-,9-/m1/s1. The lowest BCUT2D eigenvalue weighted by atomic mass is 9.86. The summed E-state index contributed by atoms with van der Waals surface area (Å²) < 4.78 is 4.71. The van der Waals surface area contributed by atoms with Crippen molar-refractivity contribution >= 4 is 11.7 Å². The topological polar surface area (TPSA) is 47.9 Å². The van der Waals surface area contributed by atoms with Crippen molar-refractivity contribution in [1.82, 2.24) is 0 Å². The Hall–Kier alpha value is -1.06. The van der Waals surface area contributed by atoms with E-state index in [1.54, 1.807) is 0 Å². The van der Waals surface area contributed by atoms with Crippen molar-refractivity contribution in [2.24, 2.45) is 11.1 Å². The lowest BCUT2D eigenvalue weighted by Gasteiger charge is -2.20. The number of carbonyl (C=O) groups excluding carboxylic acids is 1. The van der Waals surface area contributed by atoms with Crippen LogP contribution < -0.4 is 0 Å². The van der Waals surface area contributed by atoms with E-state index in [1.807, 2.05) is 0 Å². The Morgan fingerprint density at radius 1 is 1.33 bits per heavy atom. The van der Waals surface area contributed by atoms with Crippen LogP contribution in [0.2, 0.25) is 0 Å². The first-order chi connectivity index (χ1) is 7.33. The third-order valence-corrected chi connectivity index (χ3v) is 3.23. The van der Waals surface area contributed by atoms with Crippen LogP contribution in [0.25, 0.3) is 0 Å². The molecule has 0 spiro atoms. The van der Waals surface area contributed by atoms with Crippen LogP contribution in [0, 0.1) is 5.92 Å². The SMILES string of the molecule is COC(=O)C1=NO[C@@H]2CCCCCC[C@@H]12. The van der Waals surface area contributed by atoms with E-state index in [9.17, 15) is 4.79 Å². The van der Waals surface area contributed by atoms with Crippen molar-refractivity contribution in [3.8, 4) is 0 Å². The molecule has 0 amide bonds. The largest absolute Gasteiger partial charge is 0.464 e. The number of nitrogens with zero attached hydrogens (tertiary/aromatic N) is 1. The summed E-state index contributed by atoms with van der Waals surface area (Å²) in [6.45, 7) is 0. The molecule has 4 heteroatoms. The monoisotopic (exact) mass is 211 g/mol. The van der Waals surface area contributed by atoms with E-state index >= 15 is 0 Å². The number of hydrogen-bond donors (Lipinski definition) is 0. The van der Waals surface area contributed by atoms with Crippen molar-refractivity contribution in [1.29, 1.82) is 0 Å². The van der Waals surface area contributed by atoms with Gasteiger partial charge in [0.1, 0.15) is 6.10 Å². The molecule has 2 atom stereocenters. The van der Waals surface area contributed by atoms with Gasteiger partial charge in [-0.1, -0.05) is 24.4 Å². The predicted octanol–water partition coefficient (Wildman–Crippen LogP) is 1.88. The Morgan fingerprint density at radius 3 is 2.80 bits per heavy atom. The number of methoxy groups -OCH3 is 1. The number of hydrogen-bond acceptors (Lipinski definition) is 4. The summed E-state index contributed by atoms with van der Waals surface area (Å²) in [6, 6.07) is 0. The Morgan fingerprint density at radius 2 is 2.07 bits per heavy atom. The molecular weight excluding hydrogens is 194 g/mol. The van der Waals surface area contributed by atoms with E-state index in [2.05, 4.69) is 5.16 Å². The van der Waals surface area contributed by atoms with Gasteiger partial charge in [-0.2, -0.15) is 0 Å². The Balaban J connectivity index is 2.05. The highest BCUT2D eigenvalue weighted by Gasteiger charge is 2.38. The van der Waals surface area contributed by atoms with Gasteiger partial charge in [0.25, 0.3) is 0 Å². The first-order valence-corrected chi connectivity index (χ1v) is 5.65. The second-order valence-electron chi connectivity index (χ2n) is 4.21. The minimum atomic E-state index is -0.330. The Kier molecular flexibility index (Phi) is 3.23. The van der Waals surface area contributed by atoms with E-state index < -0.39 is 0 Å². The first kappa shape index (κ1) is 10.5. The maximum absolute atomic E-state index is 11.4. The zero-order chi connectivity index (χ0) is 10.7. The molecular formula is C11H17NO3. The van der Waals surface area contributed by atoms with Crippen LogP contribution in [0.5, 0.6) is 0 Å². The summed E-state index contributed by atoms with van der Waals surface area (Å²) in [4.78, 5) is 16.7. The molecule has 15 heavy (non-hydrogen) atoms. The van der Waals surface area contributed by atoms with Crippen LogP contribution >= 0.6 is 0 Å². The number of esters is 1. The van der Waals surface area contributed by atoms with Gasteiger partial charge in [-0.05, 0) is 19.3 Å². The fraction of sp³-hybridized carbons (Fsp3) is 0.818. The third-order valence-electron chi connectivity index (χ3n) is 3.23. The van der Waals surface area contributed by atoms with Crippen LogP contribution in [0.1, 0.15) is 38.5 Å². The highest BCUT2D eigenvalue weighted by molar-refractivity contribution is 6.37. The number of rotatable bonds is 1. The molecule has 2 rings (SSSR count). The number of carbonyl (C=O) groups is 1. The average molecular weight is 211 g/mol. The predicted molar refractivity (Wildman–Crippen MR) is 55.5 cm³/mol. The summed E-state index contributed by atoms with van der Waals surface area (Å²) in [6.07, 6.45) is 6.95. The van der Waals surface area contributed by atoms with Gasteiger partial charge in [0.05, 0.1) is 13.0 Å². The van der Waals surface area contributed by atoms with Crippen LogP contribution in [0.4, 0.5) is 0 Å². The van der Waals surface area contributed by atoms with Crippen molar-refractivity contribution in [3.05, 3.63) is 0 Å². The average Bonchev–Trinajstić information content (AvgIpc) is 2.59. The maximum atomic E-state index is 11.4. The molecule has 0 aromatic carbocycles. The summed E-state index contributed by atoms with van der Waals surface area (Å²) in [5.74, 6) is -0.166. The summed E-state index contributed by atoms with van der Waals surface area (Å²) in [5.41, 5.74) is 0.490. The zero-order valence-corrected chi connectivity index (χ0v) is 9.07. The van der Waals surface area contributed by atoms with Gasteiger partial charge in [-0.3, -0.25) is 0 Å². The van der Waals surface area contributed by atoms with Gasteiger partial charge in [0.2, 0.25) is 0 Å². The molecule has 84 valence electrons. The molecule has 4 nitrogen and oxygen atoms in total. The van der Waals surface area contributed by atoms with Crippen LogP contribution in [-0.2, 0) is 14.4 Å². The van der Waals surface area contributed by atoms with E-state index in [0.29, 0.717) is 5.71 Å². The maximum Gasteiger partial charge on any atom is 0.356 e. The van der Waals surface area contributed by atoms with Gasteiger partial charge in [-0.25, -0.2) is 4.79 Å². The molecule has 1 fully saturated rings. The van der Waals surface area contributed by atoms with Crippen molar-refractivity contribution in [2.75, 3.05) is 7.11 Å². The number of ether oxygens (including phenoxy) is 1. The van der Waals surface area contributed by atoms with Crippen molar-refractivity contribution < 1.29 is 14.4 Å². The molecule has 0 bridgehead atoms. The molecule has 0 aromatic heterocycles. The Bertz CT molecular complexity index is 275. The van der Waals surface area contributed by atoms with E-state index in [1.165, 1.54) is 26.4 Å². The third kappa shape index (κ3) is 2.13. The zero-order valence-electron chi connectivity index (χ0n) is 9.07. The minimum absolute atomic E-state index is 0.111. The van der Waals surface area contributed by atoms with Gasteiger partial charge < -0.3 is 9.57 Å². The molecule has 0 unspecified atom stereocenters. The molecule has 0 aromatic rings. The molecule has 0 saturated heterocycles. The van der Waals surface area contributed by atoms with Crippen LogP contribution in [-0.4, -0.2) is 24.9 Å². The molecule has 1 aliphatic carbocycles. The summed E-state index contributed by atoms with van der Waals surface area (Å²) in [7, 11) is 1.39. The van der Waals surface area contributed by atoms with Crippen molar-refractivity contribution in [3.63, 3.8) is 0 Å². The molecule has 0 N–H and O–H groups in total. The van der Waals surface area contributed by atoms with Gasteiger partial charge in [0, 0.05) is 0 Å². The van der Waals surface area contributed by atoms with Gasteiger partial charge in [0.15, 0.2) is 5.71 Å². The quantitative estimate of drug-likeness (QED) is 0.622. The smallest absolute Gasteiger partial charge is 0.356 e. The van der Waals surface area contributed by atoms with Crippen molar-refractivity contribution in [2.45, 2.75) is 44.6 Å². The van der Waals surface area contributed by atoms with Gasteiger partial charge >= 0.3 is 5.97 Å². The lowest BCUT2D eigenvalue weighted by Crippen LogP contribution is -2.30. The molecule has 1 saturated carbocycles. The second-order valence-corrected chi connectivity index (χ2v) is 4.21. The van der Waals surface area contributed by atoms with E-state index in [4.69, 9.17) is 9.57 Å². The fourth-order valence-electron chi connectivity index (χ4n) is 2.37. The molecule has 1 aliphatic heterocycles. The van der Waals surface area contributed by atoms with E-state index in [-0.39, 0.29) is 18.0 Å². The lowest BCUT2D eigenvalue weighted by molar-refractivity contribution is -0.133. The first-order valence-electron chi connectivity index (χ1n) is 5.65. The number of fused-ring (bicyclic) bond motifs is 1. The van der Waals surface area contributed by atoms with E-state index in [0.717, 1.165) is 19.3 Å². The van der Waals surface area contributed by atoms with Crippen LogP contribution in [0.3, 0.4) is 0 Å². The summed E-state index contributed by atoms with van der Waals surface area (Å²) >= 11 is 0.